The van der Waals surface area contributed by atoms with E-state index in [0.717, 1.165) is 26.2 Å². The van der Waals surface area contributed by atoms with Crippen LogP contribution < -0.4 is 16.0 Å². The fourth-order valence-electron chi connectivity index (χ4n) is 3.49. The van der Waals surface area contributed by atoms with Crippen molar-refractivity contribution in [3.63, 3.8) is 0 Å². The van der Waals surface area contributed by atoms with Crippen LogP contribution >= 0.6 is 22.7 Å². The van der Waals surface area contributed by atoms with Gasteiger partial charge in [0.2, 0.25) is 0 Å². The maximum absolute atomic E-state index is 13.2. The van der Waals surface area contributed by atoms with Crippen LogP contribution in [0.4, 0.5) is 10.5 Å². The minimum atomic E-state index is -0.520. The Bertz CT molecular complexity index is 1290. The summed E-state index contributed by atoms with van der Waals surface area (Å²) in [5.74, 6) is -0.265. The Balaban J connectivity index is 1.46. The second-order valence-corrected chi connectivity index (χ2v) is 8.81. The normalized spacial score (nSPS) is 16.4. The molecule has 0 radical (unpaired) electrons. The van der Waals surface area contributed by atoms with Crippen LogP contribution in [0.25, 0.3) is 21.3 Å². The summed E-state index contributed by atoms with van der Waals surface area (Å²) in [7, 11) is 0. The third-order valence-corrected chi connectivity index (χ3v) is 6.81. The number of urea groups is 1. The van der Waals surface area contributed by atoms with Gasteiger partial charge < -0.3 is 16.0 Å². The van der Waals surface area contributed by atoms with Gasteiger partial charge >= 0.3 is 6.03 Å². The van der Waals surface area contributed by atoms with Gasteiger partial charge in [-0.1, -0.05) is 0 Å². The van der Waals surface area contributed by atoms with E-state index >= 15 is 0 Å². The smallest absolute Gasteiger partial charge is 0.319 e. The number of nitrogens with one attached hydrogen (secondary N) is 4. The number of anilines is 1. The van der Waals surface area contributed by atoms with E-state index in [1.54, 1.807) is 35.8 Å². The van der Waals surface area contributed by atoms with Crippen LogP contribution in [0, 0.1) is 0 Å². The summed E-state index contributed by atoms with van der Waals surface area (Å²) in [6.45, 7) is 1.74. The molecule has 0 spiro atoms. The fraction of sp³-hybridized carbons (Fsp3) is 0.0952. The molecule has 0 aliphatic carbocycles. The quantitative estimate of drug-likeness (QED) is 0.376. The summed E-state index contributed by atoms with van der Waals surface area (Å²) in [6.07, 6.45) is 1.71. The predicted molar refractivity (Wildman–Crippen MR) is 119 cm³/mol. The number of aromatic nitrogens is 2. The van der Waals surface area contributed by atoms with Crippen molar-refractivity contribution in [3.8, 4) is 10.4 Å². The molecule has 30 heavy (non-hydrogen) atoms. The zero-order chi connectivity index (χ0) is 20.7. The van der Waals surface area contributed by atoms with E-state index in [2.05, 4.69) is 37.6 Å². The van der Waals surface area contributed by atoms with Gasteiger partial charge in [0, 0.05) is 32.1 Å². The van der Waals surface area contributed by atoms with Crippen LogP contribution in [0.1, 0.15) is 17.8 Å². The minimum absolute atomic E-state index is 0.265. The number of nitrogens with zero attached hydrogens (tertiary/aromatic N) is 1. The summed E-state index contributed by atoms with van der Waals surface area (Å²) in [6, 6.07) is 10.7. The van der Waals surface area contributed by atoms with Crippen molar-refractivity contribution in [3.05, 3.63) is 69.5 Å². The van der Waals surface area contributed by atoms with E-state index < -0.39 is 6.04 Å². The number of hydrogen-bond acceptors (Lipinski definition) is 5. The number of fused-ring (bicyclic) bond motifs is 1. The van der Waals surface area contributed by atoms with E-state index in [1.165, 1.54) is 0 Å². The summed E-state index contributed by atoms with van der Waals surface area (Å²) in [5.41, 5.74) is 3.72. The molecule has 0 saturated carbocycles. The highest BCUT2D eigenvalue weighted by Crippen LogP contribution is 2.37. The maximum Gasteiger partial charge on any atom is 0.319 e. The van der Waals surface area contributed by atoms with E-state index in [0.29, 0.717) is 17.0 Å². The molecule has 150 valence electrons. The Morgan fingerprint density at radius 3 is 2.93 bits per heavy atom. The van der Waals surface area contributed by atoms with Gasteiger partial charge in [0.1, 0.15) is 0 Å². The van der Waals surface area contributed by atoms with Crippen LogP contribution in [0.2, 0.25) is 0 Å². The topological polar surface area (TPSA) is 98.9 Å². The van der Waals surface area contributed by atoms with Gasteiger partial charge in [-0.15, -0.1) is 11.3 Å². The van der Waals surface area contributed by atoms with Gasteiger partial charge in [-0.25, -0.2) is 4.79 Å². The lowest BCUT2D eigenvalue weighted by molar-refractivity contribution is -0.113. The largest absolute Gasteiger partial charge is 0.326 e. The highest BCUT2D eigenvalue weighted by atomic mass is 32.1. The molecule has 4 heterocycles. The zero-order valence-corrected chi connectivity index (χ0v) is 17.5. The third-order valence-electron chi connectivity index (χ3n) is 4.93. The number of aromatic amines is 1. The summed E-state index contributed by atoms with van der Waals surface area (Å²) in [5, 5.41) is 20.5. The van der Waals surface area contributed by atoms with Crippen molar-refractivity contribution in [2.24, 2.45) is 0 Å². The fourth-order valence-corrected chi connectivity index (χ4v) is 5.29. The molecule has 3 amide bonds. The number of H-pyrrole nitrogens is 1. The zero-order valence-electron chi connectivity index (χ0n) is 15.9. The van der Waals surface area contributed by atoms with Crippen LogP contribution in [0.15, 0.2) is 64.6 Å². The average molecular weight is 436 g/mol. The molecule has 1 aliphatic rings. The molecular weight excluding hydrogens is 418 g/mol. The van der Waals surface area contributed by atoms with Crippen molar-refractivity contribution >= 4 is 51.2 Å². The number of benzene rings is 1. The molecule has 1 unspecified atom stereocenters. The van der Waals surface area contributed by atoms with Gasteiger partial charge in [-0.05, 0) is 54.1 Å². The van der Waals surface area contributed by atoms with Crippen LogP contribution in [0.5, 0.6) is 0 Å². The molecule has 0 fully saturated rings. The van der Waals surface area contributed by atoms with E-state index in [9.17, 15) is 9.59 Å². The number of thiophene rings is 2. The summed E-state index contributed by atoms with van der Waals surface area (Å²) in [4.78, 5) is 27.3. The predicted octanol–water partition coefficient (Wildman–Crippen LogP) is 4.62. The molecule has 4 N–H and O–H groups in total. The average Bonchev–Trinajstić information content (AvgIpc) is 3.47. The van der Waals surface area contributed by atoms with Gasteiger partial charge in [0.25, 0.3) is 5.91 Å². The second-order valence-electron chi connectivity index (χ2n) is 6.91. The first-order valence-electron chi connectivity index (χ1n) is 9.23. The number of carbonyl (C=O) groups is 2. The van der Waals surface area contributed by atoms with E-state index in [1.807, 2.05) is 35.7 Å². The monoisotopic (exact) mass is 435 g/mol. The Hall–Kier alpha value is -3.43. The lowest BCUT2D eigenvalue weighted by atomic mass is 10.0. The first-order chi connectivity index (χ1) is 14.6. The van der Waals surface area contributed by atoms with Crippen molar-refractivity contribution in [2.75, 3.05) is 5.32 Å². The molecule has 9 heteroatoms. The molecule has 3 aromatic heterocycles. The van der Waals surface area contributed by atoms with Crippen molar-refractivity contribution < 1.29 is 9.59 Å². The van der Waals surface area contributed by atoms with Gasteiger partial charge in [0.05, 0.1) is 23.3 Å². The van der Waals surface area contributed by atoms with Crippen molar-refractivity contribution in [1.82, 2.24) is 20.8 Å². The van der Waals surface area contributed by atoms with Crippen LogP contribution in [-0.4, -0.2) is 22.1 Å². The molecule has 1 aliphatic heterocycles. The SMILES string of the molecule is CC1=C(C(=O)Nc2ccc3[nH]ncc3c2)C(c2ccc(-c3ccsc3)s2)NC(=O)N1. The number of rotatable bonds is 4. The van der Waals surface area contributed by atoms with Gasteiger partial charge in [-0.3, -0.25) is 9.89 Å². The second kappa shape index (κ2) is 7.43. The molecule has 5 rings (SSSR count). The molecule has 7 nitrogen and oxygen atoms in total. The van der Waals surface area contributed by atoms with Crippen LogP contribution in [-0.2, 0) is 4.79 Å². The lowest BCUT2D eigenvalue weighted by Crippen LogP contribution is -2.45. The highest BCUT2D eigenvalue weighted by molar-refractivity contribution is 7.16. The van der Waals surface area contributed by atoms with E-state index in [4.69, 9.17) is 0 Å². The Morgan fingerprint density at radius 2 is 2.10 bits per heavy atom. The highest BCUT2D eigenvalue weighted by Gasteiger charge is 2.32. The van der Waals surface area contributed by atoms with Gasteiger partial charge in [-0.2, -0.15) is 16.4 Å². The lowest BCUT2D eigenvalue weighted by Gasteiger charge is -2.27. The maximum atomic E-state index is 13.2. The first kappa shape index (κ1) is 18.6. The molecule has 0 saturated heterocycles. The standard InChI is InChI=1S/C21H17N5O2S2/c1-11-18(20(27)24-14-2-3-15-13(8-14)9-22-26-15)19(25-21(28)23-11)17-5-4-16(30-17)12-6-7-29-10-12/h2-10,19H,1H3,(H,22,26)(H,24,27)(H2,23,25,28). The third kappa shape index (κ3) is 3.38. The molecule has 0 bridgehead atoms. The number of hydrogen-bond donors (Lipinski definition) is 4. The number of allylic oxidation sites excluding steroid dienone is 1. The minimum Gasteiger partial charge on any atom is -0.326 e. The van der Waals surface area contributed by atoms with Gasteiger partial charge in [0.15, 0.2) is 0 Å². The molecular formula is C21H17N5O2S2. The number of amides is 3. The summed E-state index contributed by atoms with van der Waals surface area (Å²) < 4.78 is 0. The Morgan fingerprint density at radius 1 is 1.20 bits per heavy atom. The Kier molecular flexibility index (Phi) is 4.61. The van der Waals surface area contributed by atoms with Crippen LogP contribution in [0.3, 0.4) is 0 Å². The molecule has 1 aromatic carbocycles. The van der Waals surface area contributed by atoms with E-state index in [-0.39, 0.29) is 11.9 Å². The van der Waals surface area contributed by atoms with Crippen molar-refractivity contribution in [2.45, 2.75) is 13.0 Å². The first-order valence-corrected chi connectivity index (χ1v) is 11.0. The molecule has 1 atom stereocenters. The number of carbonyl (C=O) groups excluding carboxylic acids is 2. The molecule has 4 aromatic rings. The summed E-state index contributed by atoms with van der Waals surface area (Å²) >= 11 is 3.20. The Labute approximate surface area is 179 Å². The van der Waals surface area contributed by atoms with Crippen molar-refractivity contribution in [1.29, 1.82) is 0 Å².